The molecule has 31 heavy (non-hydrogen) atoms. The van der Waals surface area contributed by atoms with Gasteiger partial charge < -0.3 is 10.2 Å². The molecule has 1 fully saturated rings. The number of nitrogens with zero attached hydrogens (tertiary/aromatic N) is 4. The van der Waals surface area contributed by atoms with Crippen LogP contribution in [0.2, 0.25) is 0 Å². The molecule has 0 aliphatic carbocycles. The molecule has 162 valence electrons. The van der Waals surface area contributed by atoms with E-state index in [1.54, 1.807) is 23.5 Å². The van der Waals surface area contributed by atoms with E-state index < -0.39 is 0 Å². The fourth-order valence-electron chi connectivity index (χ4n) is 3.96. The van der Waals surface area contributed by atoms with Gasteiger partial charge in [0.15, 0.2) is 5.13 Å². The molecule has 2 aromatic heterocycles. The van der Waals surface area contributed by atoms with Gasteiger partial charge in [0.05, 0.1) is 6.42 Å². The molecule has 1 amide bonds. The third-order valence-electron chi connectivity index (χ3n) is 5.39. The lowest BCUT2D eigenvalue weighted by atomic mass is 9.93. The Labute approximate surface area is 185 Å². The molecule has 3 heterocycles. The summed E-state index contributed by atoms with van der Waals surface area (Å²) < 4.78 is 13.1. The lowest BCUT2D eigenvalue weighted by Gasteiger charge is -2.33. The number of likely N-dealkylation sites (tertiary alicyclic amines) is 1. The highest BCUT2D eigenvalue weighted by Crippen LogP contribution is 2.24. The number of piperidine rings is 1. The zero-order valence-corrected chi connectivity index (χ0v) is 18.6. The summed E-state index contributed by atoms with van der Waals surface area (Å²) in [6, 6.07) is 8.13. The van der Waals surface area contributed by atoms with Gasteiger partial charge in [-0.15, -0.1) is 11.3 Å². The van der Waals surface area contributed by atoms with Crippen LogP contribution in [0.4, 0.5) is 15.3 Å². The Balaban J connectivity index is 1.38. The Morgan fingerprint density at radius 1 is 1.26 bits per heavy atom. The maximum Gasteiger partial charge on any atom is 0.226 e. The van der Waals surface area contributed by atoms with Crippen LogP contribution in [0, 0.1) is 25.6 Å². The van der Waals surface area contributed by atoms with Gasteiger partial charge in [-0.05, 0) is 56.7 Å². The molecule has 6 nitrogen and oxygen atoms in total. The van der Waals surface area contributed by atoms with E-state index in [0.717, 1.165) is 59.4 Å². The summed E-state index contributed by atoms with van der Waals surface area (Å²) in [6.45, 7) is 5.40. The van der Waals surface area contributed by atoms with E-state index >= 15 is 0 Å². The van der Waals surface area contributed by atoms with Crippen LogP contribution in [0.3, 0.4) is 0 Å². The molecule has 1 N–H and O–H groups in total. The molecule has 0 unspecified atom stereocenters. The largest absolute Gasteiger partial charge is 0.342 e. The molecule has 8 heteroatoms. The number of hydrogen-bond acceptors (Lipinski definition) is 6. The quantitative estimate of drug-likeness (QED) is 0.614. The topological polar surface area (TPSA) is 71.0 Å². The second kappa shape index (κ2) is 9.51. The summed E-state index contributed by atoms with van der Waals surface area (Å²) >= 11 is 1.59. The first-order valence-corrected chi connectivity index (χ1v) is 11.3. The zero-order chi connectivity index (χ0) is 21.8. The zero-order valence-electron chi connectivity index (χ0n) is 17.8. The van der Waals surface area contributed by atoms with Crippen molar-refractivity contribution in [2.24, 2.45) is 5.92 Å². The fourth-order valence-corrected chi connectivity index (χ4v) is 4.63. The van der Waals surface area contributed by atoms with Crippen LogP contribution in [0.15, 0.2) is 36.5 Å². The molecule has 0 bridgehead atoms. The van der Waals surface area contributed by atoms with Crippen molar-refractivity contribution in [2.75, 3.05) is 18.4 Å². The lowest BCUT2D eigenvalue weighted by molar-refractivity contribution is -0.132. The van der Waals surface area contributed by atoms with Crippen molar-refractivity contribution in [1.82, 2.24) is 19.9 Å². The number of amides is 1. The number of aromatic nitrogens is 3. The van der Waals surface area contributed by atoms with Gasteiger partial charge in [0.1, 0.15) is 17.5 Å². The number of benzene rings is 1. The van der Waals surface area contributed by atoms with Gasteiger partial charge in [-0.1, -0.05) is 12.1 Å². The summed E-state index contributed by atoms with van der Waals surface area (Å²) in [7, 11) is 0. The van der Waals surface area contributed by atoms with Gasteiger partial charge in [-0.3, -0.25) is 4.79 Å². The minimum atomic E-state index is -0.284. The minimum Gasteiger partial charge on any atom is -0.342 e. The average Bonchev–Trinajstić information content (AvgIpc) is 3.14. The van der Waals surface area contributed by atoms with Crippen molar-refractivity contribution in [2.45, 2.75) is 39.5 Å². The highest BCUT2D eigenvalue weighted by Gasteiger charge is 2.24. The van der Waals surface area contributed by atoms with Crippen LogP contribution in [0.25, 0.3) is 0 Å². The molecule has 1 aliphatic rings. The first-order valence-electron chi connectivity index (χ1n) is 10.5. The number of hydrogen-bond donors (Lipinski definition) is 1. The third-order valence-corrected chi connectivity index (χ3v) is 6.21. The third kappa shape index (κ3) is 5.85. The normalized spacial score (nSPS) is 16.4. The molecular formula is C23H26FN5OS. The first kappa shape index (κ1) is 21.4. The monoisotopic (exact) mass is 439 g/mol. The molecule has 0 saturated carbocycles. The number of thiazole rings is 1. The summed E-state index contributed by atoms with van der Waals surface area (Å²) in [4.78, 5) is 29.3. The number of carbonyl (C=O) groups is 1. The molecular weight excluding hydrogens is 413 g/mol. The van der Waals surface area contributed by atoms with Crippen LogP contribution in [0.5, 0.6) is 0 Å². The van der Waals surface area contributed by atoms with E-state index in [1.807, 2.05) is 31.0 Å². The number of carbonyl (C=O) groups excluding carboxylic acids is 1. The number of rotatable bonds is 6. The van der Waals surface area contributed by atoms with Gasteiger partial charge in [0.25, 0.3) is 0 Å². The Hall–Kier alpha value is -2.87. The fraction of sp³-hybridized carbons (Fsp3) is 0.391. The van der Waals surface area contributed by atoms with Crippen molar-refractivity contribution in [1.29, 1.82) is 0 Å². The lowest BCUT2D eigenvalue weighted by Crippen LogP contribution is -2.41. The van der Waals surface area contributed by atoms with E-state index in [0.29, 0.717) is 18.2 Å². The van der Waals surface area contributed by atoms with Gasteiger partial charge in [-0.25, -0.2) is 19.3 Å². The van der Waals surface area contributed by atoms with Crippen molar-refractivity contribution >= 4 is 28.2 Å². The molecule has 4 rings (SSSR count). The number of anilines is 2. The minimum absolute atomic E-state index is 0.0941. The van der Waals surface area contributed by atoms with Crippen LogP contribution in [0.1, 0.15) is 34.8 Å². The van der Waals surface area contributed by atoms with Gasteiger partial charge in [-0.2, -0.15) is 0 Å². The van der Waals surface area contributed by atoms with E-state index in [9.17, 15) is 9.18 Å². The second-order valence-corrected chi connectivity index (χ2v) is 9.28. The Morgan fingerprint density at radius 3 is 2.81 bits per heavy atom. The van der Waals surface area contributed by atoms with Crippen LogP contribution < -0.4 is 5.32 Å². The van der Waals surface area contributed by atoms with Gasteiger partial charge >= 0.3 is 0 Å². The van der Waals surface area contributed by atoms with Gasteiger partial charge in [0, 0.05) is 35.9 Å². The number of nitrogens with one attached hydrogen (secondary N) is 1. The molecule has 3 aromatic rings. The van der Waals surface area contributed by atoms with Crippen LogP contribution >= 0.6 is 11.3 Å². The highest BCUT2D eigenvalue weighted by molar-refractivity contribution is 7.15. The average molecular weight is 440 g/mol. The molecule has 1 saturated heterocycles. The standard InChI is InChI=1S/C23H26FN5OS/c1-15-13-25-23(31-15)28-21-12-20(26-16(2)27-21)10-18-4-3-9-29(14-18)22(30)11-17-5-7-19(24)8-6-17/h5-8,12-13,18H,3-4,9-11,14H2,1-2H3,(H,25,26,27,28)/t18-/m0/s1. The maximum atomic E-state index is 13.1. The van der Waals surface area contributed by atoms with Gasteiger partial charge in [0.2, 0.25) is 5.91 Å². The molecule has 0 radical (unpaired) electrons. The molecule has 1 atom stereocenters. The molecule has 0 spiro atoms. The van der Waals surface area contributed by atoms with E-state index in [4.69, 9.17) is 0 Å². The SMILES string of the molecule is Cc1nc(C[C@@H]2CCCN(C(=O)Cc3ccc(F)cc3)C2)cc(Nc2ncc(C)s2)n1. The maximum absolute atomic E-state index is 13.1. The van der Waals surface area contributed by atoms with Crippen molar-refractivity contribution < 1.29 is 9.18 Å². The van der Waals surface area contributed by atoms with Crippen LogP contribution in [-0.4, -0.2) is 38.8 Å². The van der Waals surface area contributed by atoms with E-state index in [1.165, 1.54) is 12.1 Å². The molecule has 1 aliphatic heterocycles. The van der Waals surface area contributed by atoms with E-state index in [-0.39, 0.29) is 11.7 Å². The van der Waals surface area contributed by atoms with Crippen LogP contribution in [-0.2, 0) is 17.6 Å². The summed E-state index contributed by atoms with van der Waals surface area (Å²) in [5.74, 6) is 1.63. The Bertz CT molecular complexity index is 1050. The smallest absolute Gasteiger partial charge is 0.226 e. The molecule has 1 aromatic carbocycles. The van der Waals surface area contributed by atoms with Crippen molar-refractivity contribution in [3.05, 3.63) is 64.3 Å². The Kier molecular flexibility index (Phi) is 6.56. The van der Waals surface area contributed by atoms with Crippen molar-refractivity contribution in [3.63, 3.8) is 0 Å². The second-order valence-electron chi connectivity index (χ2n) is 8.05. The Morgan fingerprint density at radius 2 is 2.06 bits per heavy atom. The number of halogens is 1. The predicted molar refractivity (Wildman–Crippen MR) is 120 cm³/mol. The first-order chi connectivity index (χ1) is 14.9. The summed E-state index contributed by atoms with van der Waals surface area (Å²) in [5.41, 5.74) is 1.81. The van der Waals surface area contributed by atoms with E-state index in [2.05, 4.69) is 20.3 Å². The summed E-state index contributed by atoms with van der Waals surface area (Å²) in [5, 5.41) is 4.08. The highest BCUT2D eigenvalue weighted by atomic mass is 32.1. The number of aryl methyl sites for hydroxylation is 2. The summed E-state index contributed by atoms with van der Waals surface area (Å²) in [6.07, 6.45) is 4.99. The predicted octanol–water partition coefficient (Wildman–Crippen LogP) is 4.46. The van der Waals surface area contributed by atoms with Crippen molar-refractivity contribution in [3.8, 4) is 0 Å².